The first-order chi connectivity index (χ1) is 12.9. The van der Waals surface area contributed by atoms with Gasteiger partial charge in [0.25, 0.3) is 5.91 Å². The van der Waals surface area contributed by atoms with Gasteiger partial charge < -0.3 is 25.8 Å². The lowest BCUT2D eigenvalue weighted by Crippen LogP contribution is -2.34. The molecule has 0 atom stereocenters. The van der Waals surface area contributed by atoms with Gasteiger partial charge in [0.2, 0.25) is 11.8 Å². The van der Waals surface area contributed by atoms with Gasteiger partial charge in [-0.2, -0.15) is 0 Å². The number of primary amides is 1. The fraction of sp³-hybridized carbons (Fsp3) is 0.211. The van der Waals surface area contributed by atoms with E-state index in [2.05, 4.69) is 10.6 Å². The average Bonchev–Trinajstić information content (AvgIpc) is 2.66. The quantitative estimate of drug-likeness (QED) is 0.642. The Bertz CT molecular complexity index is 837. The van der Waals surface area contributed by atoms with Gasteiger partial charge in [0.1, 0.15) is 0 Å². The molecule has 27 heavy (non-hydrogen) atoms. The summed E-state index contributed by atoms with van der Waals surface area (Å²) < 4.78 is 10.3. The molecule has 0 saturated heterocycles. The molecular formula is C19H21N3O5. The molecule has 3 amide bonds. The van der Waals surface area contributed by atoms with Crippen LogP contribution in [0.15, 0.2) is 42.5 Å². The lowest BCUT2D eigenvalue weighted by atomic mass is 10.1. The first-order valence-corrected chi connectivity index (χ1v) is 8.11. The number of carbonyl (C=O) groups excluding carboxylic acids is 3. The molecule has 142 valence electrons. The second-order valence-corrected chi connectivity index (χ2v) is 5.60. The van der Waals surface area contributed by atoms with Crippen molar-refractivity contribution in [2.45, 2.75) is 6.42 Å². The molecule has 0 aliphatic rings. The largest absolute Gasteiger partial charge is 0.493 e. The number of rotatable bonds is 8. The minimum absolute atomic E-state index is 0.0663. The van der Waals surface area contributed by atoms with Crippen molar-refractivity contribution in [1.82, 2.24) is 5.32 Å². The van der Waals surface area contributed by atoms with Gasteiger partial charge in [0.05, 0.1) is 38.4 Å². The number of methoxy groups -OCH3 is 2. The van der Waals surface area contributed by atoms with Gasteiger partial charge in [-0.15, -0.1) is 0 Å². The van der Waals surface area contributed by atoms with Crippen molar-refractivity contribution in [1.29, 1.82) is 0 Å². The van der Waals surface area contributed by atoms with Gasteiger partial charge in [-0.1, -0.05) is 30.3 Å². The van der Waals surface area contributed by atoms with Crippen LogP contribution in [0, 0.1) is 0 Å². The highest BCUT2D eigenvalue weighted by molar-refractivity contribution is 6.04. The van der Waals surface area contributed by atoms with Crippen LogP contribution in [0.1, 0.15) is 15.9 Å². The van der Waals surface area contributed by atoms with Gasteiger partial charge in [-0.25, -0.2) is 0 Å². The molecule has 8 heteroatoms. The Labute approximate surface area is 156 Å². The number of anilines is 1. The monoisotopic (exact) mass is 371 g/mol. The first-order valence-electron chi connectivity index (χ1n) is 8.11. The standard InChI is InChI=1S/C19H21N3O5/c1-26-15-9-13(19(20)25)14(10-16(15)27-2)22-18(24)11-21-17(23)8-12-6-4-3-5-7-12/h3-7,9-10H,8,11H2,1-2H3,(H2,20,25)(H,21,23)(H,22,24). The highest BCUT2D eigenvalue weighted by Crippen LogP contribution is 2.33. The maximum absolute atomic E-state index is 12.1. The van der Waals surface area contributed by atoms with E-state index >= 15 is 0 Å². The number of amides is 3. The minimum atomic E-state index is -0.737. The Morgan fingerprint density at radius 2 is 1.59 bits per heavy atom. The lowest BCUT2D eigenvalue weighted by Gasteiger charge is -2.14. The summed E-state index contributed by atoms with van der Waals surface area (Å²) in [6.45, 7) is -0.252. The number of hydrogen-bond acceptors (Lipinski definition) is 5. The fourth-order valence-electron chi connectivity index (χ4n) is 2.40. The topological polar surface area (TPSA) is 120 Å². The summed E-state index contributed by atoms with van der Waals surface area (Å²) in [5, 5.41) is 5.07. The highest BCUT2D eigenvalue weighted by atomic mass is 16.5. The summed E-state index contributed by atoms with van der Waals surface area (Å²) in [6, 6.07) is 12.0. The molecule has 2 rings (SSSR count). The molecule has 0 radical (unpaired) electrons. The molecule has 0 spiro atoms. The predicted octanol–water partition coefficient (Wildman–Crippen LogP) is 1.10. The zero-order chi connectivity index (χ0) is 19.8. The van der Waals surface area contributed by atoms with Crippen molar-refractivity contribution in [2.75, 3.05) is 26.1 Å². The van der Waals surface area contributed by atoms with Crippen LogP contribution in [0.25, 0.3) is 0 Å². The van der Waals surface area contributed by atoms with E-state index in [1.807, 2.05) is 30.3 Å². The van der Waals surface area contributed by atoms with Crippen LogP contribution in [0.4, 0.5) is 5.69 Å². The molecule has 2 aromatic carbocycles. The van der Waals surface area contributed by atoms with E-state index in [-0.39, 0.29) is 30.1 Å². The lowest BCUT2D eigenvalue weighted by molar-refractivity contribution is -0.123. The molecule has 0 unspecified atom stereocenters. The summed E-state index contributed by atoms with van der Waals surface area (Å²) in [6.07, 6.45) is 0.164. The number of nitrogens with two attached hydrogens (primary N) is 1. The number of hydrogen-bond donors (Lipinski definition) is 3. The van der Waals surface area contributed by atoms with E-state index in [1.165, 1.54) is 26.4 Å². The van der Waals surface area contributed by atoms with Crippen molar-refractivity contribution in [3.63, 3.8) is 0 Å². The van der Waals surface area contributed by atoms with Crippen LogP contribution in [-0.2, 0) is 16.0 Å². The van der Waals surface area contributed by atoms with E-state index in [0.717, 1.165) is 5.56 Å². The SMILES string of the molecule is COc1cc(NC(=O)CNC(=O)Cc2ccccc2)c(C(N)=O)cc1OC. The van der Waals surface area contributed by atoms with Crippen molar-refractivity contribution in [3.8, 4) is 11.5 Å². The molecule has 0 saturated carbocycles. The molecule has 0 aliphatic carbocycles. The average molecular weight is 371 g/mol. The van der Waals surface area contributed by atoms with Gasteiger partial charge in [-0.05, 0) is 11.6 Å². The smallest absolute Gasteiger partial charge is 0.250 e. The third kappa shape index (κ3) is 5.46. The van der Waals surface area contributed by atoms with Crippen LogP contribution in [0.5, 0.6) is 11.5 Å². The molecule has 0 heterocycles. The third-order valence-electron chi connectivity index (χ3n) is 3.72. The van der Waals surface area contributed by atoms with Crippen LogP contribution in [0.3, 0.4) is 0 Å². The maximum Gasteiger partial charge on any atom is 0.250 e. The molecule has 0 aliphatic heterocycles. The molecule has 4 N–H and O–H groups in total. The number of ether oxygens (including phenoxy) is 2. The number of benzene rings is 2. The molecular weight excluding hydrogens is 350 g/mol. The van der Waals surface area contributed by atoms with Crippen LogP contribution >= 0.6 is 0 Å². The second kappa shape index (κ2) is 9.23. The molecule has 0 bridgehead atoms. The summed E-state index contributed by atoms with van der Waals surface area (Å²) in [5.41, 5.74) is 6.43. The Kier molecular flexibility index (Phi) is 6.76. The van der Waals surface area contributed by atoms with Crippen LogP contribution in [0.2, 0.25) is 0 Å². The van der Waals surface area contributed by atoms with Gasteiger partial charge >= 0.3 is 0 Å². The van der Waals surface area contributed by atoms with E-state index in [0.29, 0.717) is 11.5 Å². The van der Waals surface area contributed by atoms with E-state index in [9.17, 15) is 14.4 Å². The molecule has 2 aromatic rings. The first kappa shape index (κ1) is 19.8. The van der Waals surface area contributed by atoms with Crippen LogP contribution in [-0.4, -0.2) is 38.5 Å². The Morgan fingerprint density at radius 1 is 0.963 bits per heavy atom. The zero-order valence-corrected chi connectivity index (χ0v) is 15.1. The maximum atomic E-state index is 12.1. The summed E-state index contributed by atoms with van der Waals surface area (Å²) in [5.74, 6) is -0.907. The van der Waals surface area contributed by atoms with E-state index in [4.69, 9.17) is 15.2 Å². The number of carbonyl (C=O) groups is 3. The molecule has 0 aromatic heterocycles. The van der Waals surface area contributed by atoms with Crippen molar-refractivity contribution in [3.05, 3.63) is 53.6 Å². The Morgan fingerprint density at radius 3 is 2.19 bits per heavy atom. The van der Waals surface area contributed by atoms with Crippen LogP contribution < -0.4 is 25.8 Å². The summed E-state index contributed by atoms with van der Waals surface area (Å²) in [4.78, 5) is 35.7. The van der Waals surface area contributed by atoms with E-state index in [1.54, 1.807) is 0 Å². The normalized spacial score (nSPS) is 10.0. The Hall–Kier alpha value is -3.55. The van der Waals surface area contributed by atoms with Crippen molar-refractivity contribution in [2.24, 2.45) is 5.73 Å². The minimum Gasteiger partial charge on any atom is -0.493 e. The number of nitrogens with one attached hydrogen (secondary N) is 2. The summed E-state index contributed by atoms with van der Waals surface area (Å²) >= 11 is 0. The molecule has 0 fully saturated rings. The van der Waals surface area contributed by atoms with Gasteiger partial charge in [0, 0.05) is 6.07 Å². The van der Waals surface area contributed by atoms with Gasteiger partial charge in [0.15, 0.2) is 11.5 Å². The Balaban J connectivity index is 2.02. The predicted molar refractivity (Wildman–Crippen MR) is 99.8 cm³/mol. The van der Waals surface area contributed by atoms with Crippen molar-refractivity contribution < 1.29 is 23.9 Å². The van der Waals surface area contributed by atoms with Gasteiger partial charge in [-0.3, -0.25) is 14.4 Å². The fourth-order valence-corrected chi connectivity index (χ4v) is 2.40. The zero-order valence-electron chi connectivity index (χ0n) is 15.1. The van der Waals surface area contributed by atoms with Crippen molar-refractivity contribution >= 4 is 23.4 Å². The molecule has 8 nitrogen and oxygen atoms in total. The highest BCUT2D eigenvalue weighted by Gasteiger charge is 2.17. The second-order valence-electron chi connectivity index (χ2n) is 5.60. The van der Waals surface area contributed by atoms with E-state index < -0.39 is 11.8 Å². The third-order valence-corrected chi connectivity index (χ3v) is 3.72. The summed E-state index contributed by atoms with van der Waals surface area (Å²) in [7, 11) is 2.85.